The van der Waals surface area contributed by atoms with E-state index in [1.165, 1.54) is 5.56 Å². The number of carbonyl (C=O) groups is 1. The van der Waals surface area contributed by atoms with Crippen LogP contribution in [0, 0.1) is 0 Å². The van der Waals surface area contributed by atoms with Gasteiger partial charge in [0.25, 0.3) is 0 Å². The molecule has 2 rings (SSSR count). The smallest absolute Gasteiger partial charge is 0.335 e. The minimum absolute atomic E-state index is 0.185. The maximum Gasteiger partial charge on any atom is 0.335 e. The van der Waals surface area contributed by atoms with Gasteiger partial charge in [0.2, 0.25) is 0 Å². The third-order valence-corrected chi connectivity index (χ3v) is 3.92. The predicted molar refractivity (Wildman–Crippen MR) is 80.1 cm³/mol. The van der Waals surface area contributed by atoms with Crippen LogP contribution in [0.2, 0.25) is 0 Å². The van der Waals surface area contributed by atoms with Crippen LogP contribution < -0.4 is 0 Å². The molecular formula is C17H23NO2. The molecule has 0 unspecified atom stereocenters. The average Bonchev–Trinajstić information content (AvgIpc) is 2.96. The third kappa shape index (κ3) is 3.03. The predicted octanol–water partition coefficient (Wildman–Crippen LogP) is 3.68. The SMILES string of the molecule is CCOC(=O)/C(C)=C1\CCCN1[C@@H](C)c1ccccc1. The highest BCUT2D eigenvalue weighted by atomic mass is 16.5. The van der Waals surface area contributed by atoms with Crippen LogP contribution in [0.15, 0.2) is 41.6 Å². The topological polar surface area (TPSA) is 29.5 Å². The van der Waals surface area contributed by atoms with E-state index >= 15 is 0 Å². The number of allylic oxidation sites excluding steroid dienone is 1. The zero-order chi connectivity index (χ0) is 14.5. The number of hydrogen-bond donors (Lipinski definition) is 0. The van der Waals surface area contributed by atoms with Crippen molar-refractivity contribution >= 4 is 5.97 Å². The molecule has 0 aromatic heterocycles. The summed E-state index contributed by atoms with van der Waals surface area (Å²) in [5, 5.41) is 0. The highest BCUT2D eigenvalue weighted by Crippen LogP contribution is 2.33. The summed E-state index contributed by atoms with van der Waals surface area (Å²) in [6.07, 6.45) is 2.06. The lowest BCUT2D eigenvalue weighted by molar-refractivity contribution is -0.138. The van der Waals surface area contributed by atoms with E-state index in [-0.39, 0.29) is 12.0 Å². The zero-order valence-corrected chi connectivity index (χ0v) is 12.6. The molecular weight excluding hydrogens is 250 g/mol. The van der Waals surface area contributed by atoms with E-state index in [0.717, 1.165) is 30.7 Å². The van der Waals surface area contributed by atoms with Gasteiger partial charge in [-0.3, -0.25) is 0 Å². The minimum Gasteiger partial charge on any atom is -0.463 e. The molecule has 1 aromatic rings. The van der Waals surface area contributed by atoms with Gasteiger partial charge in [0, 0.05) is 12.2 Å². The van der Waals surface area contributed by atoms with E-state index < -0.39 is 0 Å². The van der Waals surface area contributed by atoms with E-state index in [2.05, 4.69) is 36.1 Å². The van der Waals surface area contributed by atoms with Gasteiger partial charge in [-0.1, -0.05) is 30.3 Å². The number of benzene rings is 1. The lowest BCUT2D eigenvalue weighted by Gasteiger charge is -2.29. The Balaban J connectivity index is 2.23. The summed E-state index contributed by atoms with van der Waals surface area (Å²) in [4.78, 5) is 14.3. The van der Waals surface area contributed by atoms with Crippen LogP contribution >= 0.6 is 0 Å². The van der Waals surface area contributed by atoms with E-state index in [0.29, 0.717) is 6.61 Å². The number of nitrogens with zero attached hydrogens (tertiary/aromatic N) is 1. The fourth-order valence-corrected chi connectivity index (χ4v) is 2.79. The lowest BCUT2D eigenvalue weighted by atomic mass is 10.1. The molecule has 0 aliphatic carbocycles. The molecule has 108 valence electrons. The molecule has 1 aliphatic heterocycles. The first-order valence-electron chi connectivity index (χ1n) is 7.33. The molecule has 0 amide bonds. The maximum atomic E-state index is 11.9. The van der Waals surface area contributed by atoms with Gasteiger partial charge in [0.1, 0.15) is 0 Å². The molecule has 20 heavy (non-hydrogen) atoms. The van der Waals surface area contributed by atoms with E-state index in [9.17, 15) is 4.79 Å². The van der Waals surface area contributed by atoms with Crippen LogP contribution in [-0.2, 0) is 9.53 Å². The van der Waals surface area contributed by atoms with Crippen molar-refractivity contribution in [2.45, 2.75) is 39.7 Å². The summed E-state index contributed by atoms with van der Waals surface area (Å²) in [5.41, 5.74) is 3.18. The summed E-state index contributed by atoms with van der Waals surface area (Å²) in [5.74, 6) is -0.185. The van der Waals surface area contributed by atoms with Crippen LogP contribution in [0.3, 0.4) is 0 Å². The number of carbonyl (C=O) groups excluding carboxylic acids is 1. The van der Waals surface area contributed by atoms with Crippen molar-refractivity contribution < 1.29 is 9.53 Å². The van der Waals surface area contributed by atoms with Crippen molar-refractivity contribution in [3.8, 4) is 0 Å². The molecule has 0 radical (unpaired) electrons. The quantitative estimate of drug-likeness (QED) is 0.619. The van der Waals surface area contributed by atoms with Gasteiger partial charge in [-0.05, 0) is 39.2 Å². The van der Waals surface area contributed by atoms with Gasteiger partial charge < -0.3 is 9.64 Å². The molecule has 1 aromatic carbocycles. The van der Waals surface area contributed by atoms with Crippen molar-refractivity contribution in [2.75, 3.05) is 13.2 Å². The lowest BCUT2D eigenvalue weighted by Crippen LogP contribution is -2.24. The Hall–Kier alpha value is -1.77. The monoisotopic (exact) mass is 273 g/mol. The van der Waals surface area contributed by atoms with Crippen LogP contribution in [0.25, 0.3) is 0 Å². The average molecular weight is 273 g/mol. The van der Waals surface area contributed by atoms with Gasteiger partial charge >= 0.3 is 5.97 Å². The zero-order valence-electron chi connectivity index (χ0n) is 12.6. The first kappa shape index (κ1) is 14.6. The molecule has 3 nitrogen and oxygen atoms in total. The number of hydrogen-bond acceptors (Lipinski definition) is 3. The van der Waals surface area contributed by atoms with Gasteiger partial charge in [0.05, 0.1) is 18.2 Å². The van der Waals surface area contributed by atoms with Crippen LogP contribution in [0.5, 0.6) is 0 Å². The first-order valence-corrected chi connectivity index (χ1v) is 7.33. The van der Waals surface area contributed by atoms with Crippen molar-refractivity contribution in [3.63, 3.8) is 0 Å². The number of esters is 1. The number of rotatable bonds is 4. The van der Waals surface area contributed by atoms with Crippen molar-refractivity contribution in [1.29, 1.82) is 0 Å². The summed E-state index contributed by atoms with van der Waals surface area (Å²) in [7, 11) is 0. The van der Waals surface area contributed by atoms with Crippen LogP contribution in [-0.4, -0.2) is 24.0 Å². The molecule has 0 spiro atoms. The maximum absolute atomic E-state index is 11.9. The molecule has 3 heteroatoms. The van der Waals surface area contributed by atoms with Crippen LogP contribution in [0.1, 0.15) is 45.2 Å². The summed E-state index contributed by atoms with van der Waals surface area (Å²) >= 11 is 0. The molecule has 0 saturated carbocycles. The van der Waals surface area contributed by atoms with Gasteiger partial charge in [-0.2, -0.15) is 0 Å². The Labute approximate surface area is 121 Å². The standard InChI is InChI=1S/C17H23NO2/c1-4-20-17(19)13(2)16-11-8-12-18(16)14(3)15-9-6-5-7-10-15/h5-7,9-10,14H,4,8,11-12H2,1-3H3/b16-13+/t14-/m0/s1. The highest BCUT2D eigenvalue weighted by molar-refractivity contribution is 5.88. The second kappa shape index (κ2) is 6.60. The molecule has 1 atom stereocenters. The molecule has 1 heterocycles. The Morgan fingerprint density at radius 1 is 1.35 bits per heavy atom. The van der Waals surface area contributed by atoms with E-state index in [4.69, 9.17) is 4.74 Å². The Morgan fingerprint density at radius 3 is 2.70 bits per heavy atom. The Morgan fingerprint density at radius 2 is 2.05 bits per heavy atom. The Bertz CT molecular complexity index is 493. The minimum atomic E-state index is -0.185. The first-order chi connectivity index (χ1) is 9.65. The second-order valence-corrected chi connectivity index (χ2v) is 5.18. The third-order valence-electron chi connectivity index (χ3n) is 3.92. The Kier molecular flexibility index (Phi) is 4.83. The second-order valence-electron chi connectivity index (χ2n) is 5.18. The van der Waals surface area contributed by atoms with Crippen molar-refractivity contribution in [2.24, 2.45) is 0 Å². The highest BCUT2D eigenvalue weighted by Gasteiger charge is 2.26. The summed E-state index contributed by atoms with van der Waals surface area (Å²) in [6.45, 7) is 7.34. The largest absolute Gasteiger partial charge is 0.463 e. The van der Waals surface area contributed by atoms with Crippen molar-refractivity contribution in [3.05, 3.63) is 47.2 Å². The van der Waals surface area contributed by atoms with Gasteiger partial charge in [-0.25, -0.2) is 4.79 Å². The normalized spacial score (nSPS) is 18.9. The number of likely N-dealkylation sites (tertiary alicyclic amines) is 1. The fourth-order valence-electron chi connectivity index (χ4n) is 2.79. The molecule has 0 bridgehead atoms. The van der Waals surface area contributed by atoms with Crippen molar-refractivity contribution in [1.82, 2.24) is 4.90 Å². The van der Waals surface area contributed by atoms with Gasteiger partial charge in [-0.15, -0.1) is 0 Å². The van der Waals surface area contributed by atoms with Gasteiger partial charge in [0.15, 0.2) is 0 Å². The molecule has 1 aliphatic rings. The molecule has 1 saturated heterocycles. The molecule has 0 N–H and O–H groups in total. The fraction of sp³-hybridized carbons (Fsp3) is 0.471. The van der Waals surface area contributed by atoms with E-state index in [1.807, 2.05) is 19.9 Å². The van der Waals surface area contributed by atoms with E-state index in [1.54, 1.807) is 0 Å². The van der Waals surface area contributed by atoms with Crippen LogP contribution in [0.4, 0.5) is 0 Å². The summed E-state index contributed by atoms with van der Waals surface area (Å²) in [6, 6.07) is 10.7. The molecule has 1 fully saturated rings. The number of ether oxygens (including phenoxy) is 1. The summed E-state index contributed by atoms with van der Waals surface area (Å²) < 4.78 is 5.13.